The lowest BCUT2D eigenvalue weighted by Crippen LogP contribution is -1.96. The summed E-state index contributed by atoms with van der Waals surface area (Å²) in [6, 6.07) is 14.3. The minimum atomic E-state index is 0.422. The topological polar surface area (TPSA) is 47.0 Å². The highest BCUT2D eigenvalue weighted by molar-refractivity contribution is 7.15. The Morgan fingerprint density at radius 2 is 2.00 bits per heavy atom. The second-order valence-corrected chi connectivity index (χ2v) is 5.53. The van der Waals surface area contributed by atoms with Crippen molar-refractivity contribution in [2.75, 3.05) is 11.9 Å². The smallest absolute Gasteiger partial charge is 0.206 e. The Bertz CT molecular complexity index is 754. The molecule has 0 unspecified atom stereocenters. The van der Waals surface area contributed by atoms with Crippen molar-refractivity contribution < 1.29 is 4.74 Å². The summed E-state index contributed by atoms with van der Waals surface area (Å²) in [5.74, 6) is 0.838. The van der Waals surface area contributed by atoms with Gasteiger partial charge in [0.2, 0.25) is 5.13 Å². The highest BCUT2D eigenvalue weighted by atomic mass is 32.1. The van der Waals surface area contributed by atoms with Gasteiger partial charge < -0.3 is 10.1 Å². The third-order valence-electron chi connectivity index (χ3n) is 2.95. The van der Waals surface area contributed by atoms with E-state index in [0.717, 1.165) is 15.9 Å². The summed E-state index contributed by atoms with van der Waals surface area (Å²) in [6.07, 6.45) is 1.78. The number of benzene rings is 2. The lowest BCUT2D eigenvalue weighted by atomic mass is 10.1. The largest absolute Gasteiger partial charge is 0.486 e. The fraction of sp³-hybridized carbons (Fsp3) is 0.125. The number of anilines is 1. The molecule has 0 atom stereocenters. The van der Waals surface area contributed by atoms with Crippen molar-refractivity contribution in [3.8, 4) is 5.75 Å². The van der Waals surface area contributed by atoms with Crippen molar-refractivity contribution in [3.05, 3.63) is 60.1 Å². The fourth-order valence-corrected chi connectivity index (χ4v) is 2.60. The van der Waals surface area contributed by atoms with E-state index in [1.54, 1.807) is 6.08 Å². The summed E-state index contributed by atoms with van der Waals surface area (Å²) in [4.78, 5) is 0. The van der Waals surface area contributed by atoms with Gasteiger partial charge in [-0.25, -0.2) is 0 Å². The van der Waals surface area contributed by atoms with Crippen LogP contribution in [0.25, 0.3) is 10.8 Å². The Labute approximate surface area is 127 Å². The molecule has 0 bridgehead atoms. The molecule has 4 nitrogen and oxygen atoms in total. The summed E-state index contributed by atoms with van der Waals surface area (Å²) < 4.78 is 5.78. The molecule has 0 saturated carbocycles. The van der Waals surface area contributed by atoms with Gasteiger partial charge in [-0.2, -0.15) is 0 Å². The first-order valence-electron chi connectivity index (χ1n) is 6.64. The van der Waals surface area contributed by atoms with Crippen LogP contribution in [0.4, 0.5) is 5.13 Å². The number of ether oxygens (including phenoxy) is 1. The molecule has 0 spiro atoms. The molecule has 106 valence electrons. The molecule has 3 aromatic rings. The van der Waals surface area contributed by atoms with Crippen LogP contribution >= 0.6 is 11.3 Å². The van der Waals surface area contributed by atoms with E-state index in [2.05, 4.69) is 40.3 Å². The summed E-state index contributed by atoms with van der Waals surface area (Å²) in [7, 11) is 0. The average molecular weight is 297 g/mol. The van der Waals surface area contributed by atoms with E-state index in [4.69, 9.17) is 4.74 Å². The third kappa shape index (κ3) is 3.38. The van der Waals surface area contributed by atoms with Gasteiger partial charge in [0.15, 0.2) is 5.01 Å². The first kappa shape index (κ1) is 13.6. The number of hydrogen-bond acceptors (Lipinski definition) is 5. The second-order valence-electron chi connectivity index (χ2n) is 4.47. The van der Waals surface area contributed by atoms with Crippen LogP contribution in [0.15, 0.2) is 55.1 Å². The van der Waals surface area contributed by atoms with E-state index in [1.807, 2.05) is 24.3 Å². The number of nitrogens with one attached hydrogen (secondary N) is 1. The lowest BCUT2D eigenvalue weighted by Gasteiger charge is -2.05. The molecule has 3 rings (SSSR count). The first-order valence-corrected chi connectivity index (χ1v) is 7.45. The van der Waals surface area contributed by atoms with Crippen LogP contribution in [-0.4, -0.2) is 16.7 Å². The molecule has 0 saturated heterocycles. The van der Waals surface area contributed by atoms with Gasteiger partial charge in [0.1, 0.15) is 12.4 Å². The molecule has 5 heteroatoms. The quantitative estimate of drug-likeness (QED) is 0.702. The Balaban J connectivity index is 1.65. The minimum absolute atomic E-state index is 0.422. The van der Waals surface area contributed by atoms with Gasteiger partial charge in [0, 0.05) is 6.54 Å². The van der Waals surface area contributed by atoms with Crippen molar-refractivity contribution in [1.29, 1.82) is 0 Å². The van der Waals surface area contributed by atoms with E-state index in [1.165, 1.54) is 22.1 Å². The SMILES string of the molecule is C=CCNc1nnc(COc2ccc3ccccc3c2)s1. The Kier molecular flexibility index (Phi) is 4.12. The van der Waals surface area contributed by atoms with Gasteiger partial charge in [-0.15, -0.1) is 16.8 Å². The van der Waals surface area contributed by atoms with Crippen molar-refractivity contribution in [2.45, 2.75) is 6.61 Å². The molecular weight excluding hydrogens is 282 g/mol. The number of fused-ring (bicyclic) bond motifs is 1. The Morgan fingerprint density at radius 1 is 1.14 bits per heavy atom. The maximum atomic E-state index is 5.78. The van der Waals surface area contributed by atoms with Crippen molar-refractivity contribution in [3.63, 3.8) is 0 Å². The number of aromatic nitrogens is 2. The van der Waals surface area contributed by atoms with Crippen molar-refractivity contribution in [1.82, 2.24) is 10.2 Å². The molecule has 1 N–H and O–H groups in total. The van der Waals surface area contributed by atoms with Gasteiger partial charge in [0.05, 0.1) is 0 Å². The number of rotatable bonds is 6. The zero-order chi connectivity index (χ0) is 14.5. The molecule has 0 fully saturated rings. The molecule has 0 amide bonds. The van der Waals surface area contributed by atoms with Crippen LogP contribution in [0.1, 0.15) is 5.01 Å². The molecule has 1 heterocycles. The van der Waals surface area contributed by atoms with Gasteiger partial charge in [-0.05, 0) is 22.9 Å². The summed E-state index contributed by atoms with van der Waals surface area (Å²) >= 11 is 1.49. The van der Waals surface area contributed by atoms with Gasteiger partial charge in [0.25, 0.3) is 0 Å². The maximum Gasteiger partial charge on any atom is 0.206 e. The van der Waals surface area contributed by atoms with E-state index < -0.39 is 0 Å². The summed E-state index contributed by atoms with van der Waals surface area (Å²) in [6.45, 7) is 4.76. The minimum Gasteiger partial charge on any atom is -0.486 e. The third-order valence-corrected chi connectivity index (χ3v) is 3.80. The number of hydrogen-bond donors (Lipinski definition) is 1. The highest BCUT2D eigenvalue weighted by Gasteiger charge is 2.04. The molecule has 21 heavy (non-hydrogen) atoms. The molecule has 0 aliphatic heterocycles. The first-order chi connectivity index (χ1) is 10.3. The van der Waals surface area contributed by atoms with E-state index in [-0.39, 0.29) is 0 Å². The van der Waals surface area contributed by atoms with Gasteiger partial charge in [-0.3, -0.25) is 0 Å². The molecule has 2 aromatic carbocycles. The monoisotopic (exact) mass is 297 g/mol. The molecule has 0 radical (unpaired) electrons. The van der Waals surface area contributed by atoms with E-state index in [9.17, 15) is 0 Å². The average Bonchev–Trinajstić information content (AvgIpc) is 2.98. The van der Waals surface area contributed by atoms with Crippen molar-refractivity contribution >= 4 is 27.2 Å². The normalized spacial score (nSPS) is 10.5. The number of nitrogens with zero attached hydrogens (tertiary/aromatic N) is 2. The van der Waals surface area contributed by atoms with Crippen LogP contribution in [0.3, 0.4) is 0 Å². The van der Waals surface area contributed by atoms with Crippen LogP contribution in [0.5, 0.6) is 5.75 Å². The molecule has 0 aliphatic carbocycles. The Hall–Kier alpha value is -2.40. The second kappa shape index (κ2) is 6.37. The fourth-order valence-electron chi connectivity index (χ4n) is 1.95. The molecular formula is C16H15N3OS. The van der Waals surface area contributed by atoms with Crippen LogP contribution in [0.2, 0.25) is 0 Å². The van der Waals surface area contributed by atoms with Crippen molar-refractivity contribution in [2.24, 2.45) is 0 Å². The predicted octanol–water partition coefficient (Wildman–Crippen LogP) is 3.87. The zero-order valence-corrected chi connectivity index (χ0v) is 12.3. The lowest BCUT2D eigenvalue weighted by molar-refractivity contribution is 0.305. The summed E-state index contributed by atoms with van der Waals surface area (Å²) in [5.41, 5.74) is 0. The van der Waals surface area contributed by atoms with Crippen LogP contribution in [0, 0.1) is 0 Å². The summed E-state index contributed by atoms with van der Waals surface area (Å²) in [5, 5.41) is 15.2. The molecule has 1 aromatic heterocycles. The van der Waals surface area contributed by atoms with Crippen LogP contribution < -0.4 is 10.1 Å². The Morgan fingerprint density at radius 3 is 2.86 bits per heavy atom. The molecule has 0 aliphatic rings. The predicted molar refractivity (Wildman–Crippen MR) is 86.9 cm³/mol. The van der Waals surface area contributed by atoms with Crippen LogP contribution in [-0.2, 0) is 6.61 Å². The van der Waals surface area contributed by atoms with Gasteiger partial charge >= 0.3 is 0 Å². The van der Waals surface area contributed by atoms with E-state index in [0.29, 0.717) is 13.2 Å². The van der Waals surface area contributed by atoms with Gasteiger partial charge in [-0.1, -0.05) is 47.7 Å². The standard InChI is InChI=1S/C16H15N3OS/c1-2-9-17-16-19-18-15(21-16)11-20-14-8-7-12-5-3-4-6-13(12)10-14/h2-8,10H,1,9,11H2,(H,17,19). The maximum absolute atomic E-state index is 5.78. The highest BCUT2D eigenvalue weighted by Crippen LogP contribution is 2.22. The zero-order valence-electron chi connectivity index (χ0n) is 11.5. The van der Waals surface area contributed by atoms with E-state index >= 15 is 0 Å².